The Kier molecular flexibility index (Phi) is 5.25. The van der Waals surface area contributed by atoms with Crippen LogP contribution in [0.25, 0.3) is 10.8 Å². The Bertz CT molecular complexity index is 837. The topological polar surface area (TPSA) is 97.5 Å². The van der Waals surface area contributed by atoms with Gasteiger partial charge in [-0.25, -0.2) is 4.98 Å². The summed E-state index contributed by atoms with van der Waals surface area (Å²) < 4.78 is 5.31. The van der Waals surface area contributed by atoms with Crippen molar-refractivity contribution in [2.45, 2.75) is 32.2 Å². The Hall–Kier alpha value is -2.83. The van der Waals surface area contributed by atoms with Crippen LogP contribution in [0.1, 0.15) is 36.5 Å². The second kappa shape index (κ2) is 7.59. The summed E-state index contributed by atoms with van der Waals surface area (Å²) in [6.07, 6.45) is 4.15. The number of nitrogens with two attached hydrogens (primary N) is 1. The number of ether oxygens (including phenoxy) is 1. The van der Waals surface area contributed by atoms with Gasteiger partial charge in [0.2, 0.25) is 5.91 Å². The number of piperidine rings is 1. The number of anilines is 1. The molecule has 0 bridgehead atoms. The Labute approximate surface area is 152 Å². The summed E-state index contributed by atoms with van der Waals surface area (Å²) in [4.78, 5) is 30.0. The number of fused-ring (bicyclic) bond motifs is 1. The Balaban J connectivity index is 1.90. The number of carbonyl (C=O) groups is 2. The molecule has 7 nitrogen and oxygen atoms in total. The van der Waals surface area contributed by atoms with Crippen LogP contribution in [0.5, 0.6) is 5.75 Å². The van der Waals surface area contributed by atoms with Crippen LogP contribution >= 0.6 is 0 Å². The lowest BCUT2D eigenvalue weighted by molar-refractivity contribution is -0.131. The molecule has 1 aliphatic heterocycles. The van der Waals surface area contributed by atoms with E-state index < -0.39 is 5.91 Å². The molecule has 1 aromatic carbocycles. The Morgan fingerprint density at radius 1 is 1.42 bits per heavy atom. The minimum Gasteiger partial charge on any atom is -0.496 e. The van der Waals surface area contributed by atoms with E-state index in [2.05, 4.69) is 10.3 Å². The van der Waals surface area contributed by atoms with Crippen LogP contribution in [0.4, 0.5) is 5.82 Å². The van der Waals surface area contributed by atoms with Crippen molar-refractivity contribution in [1.29, 1.82) is 0 Å². The molecule has 0 unspecified atom stereocenters. The van der Waals surface area contributed by atoms with E-state index in [-0.39, 0.29) is 11.9 Å². The zero-order valence-electron chi connectivity index (χ0n) is 15.1. The first-order valence-electron chi connectivity index (χ1n) is 8.84. The Morgan fingerprint density at radius 3 is 2.92 bits per heavy atom. The molecule has 2 aromatic rings. The lowest BCUT2D eigenvalue weighted by atomic mass is 10.0. The third-order valence-electron chi connectivity index (χ3n) is 4.77. The van der Waals surface area contributed by atoms with E-state index in [0.29, 0.717) is 30.1 Å². The van der Waals surface area contributed by atoms with Crippen LogP contribution in [0, 0.1) is 0 Å². The number of hydrogen-bond donors (Lipinski definition) is 2. The summed E-state index contributed by atoms with van der Waals surface area (Å²) in [5, 5.41) is 5.17. The first kappa shape index (κ1) is 18.0. The summed E-state index contributed by atoms with van der Waals surface area (Å²) >= 11 is 0. The number of nitrogens with one attached hydrogen (secondary N) is 1. The summed E-state index contributed by atoms with van der Waals surface area (Å²) in [7, 11) is 1.51. The van der Waals surface area contributed by atoms with E-state index in [9.17, 15) is 9.59 Å². The smallest absolute Gasteiger partial charge is 0.252 e. The lowest BCUT2D eigenvalue weighted by Gasteiger charge is -2.33. The fourth-order valence-corrected chi connectivity index (χ4v) is 3.42. The maximum atomic E-state index is 12.0. The molecule has 2 heterocycles. The molecule has 0 radical (unpaired) electrons. The number of carbonyl (C=O) groups excluding carboxylic acids is 2. The predicted octanol–water partition coefficient (Wildman–Crippen LogP) is 2.16. The van der Waals surface area contributed by atoms with Crippen molar-refractivity contribution in [2.24, 2.45) is 5.73 Å². The molecular weight excluding hydrogens is 332 g/mol. The van der Waals surface area contributed by atoms with Gasteiger partial charge in [-0.05, 0) is 36.4 Å². The highest BCUT2D eigenvalue weighted by molar-refractivity contribution is 6.03. The van der Waals surface area contributed by atoms with Crippen LogP contribution < -0.4 is 15.8 Å². The van der Waals surface area contributed by atoms with Crippen LogP contribution in [0.3, 0.4) is 0 Å². The zero-order chi connectivity index (χ0) is 18.7. The van der Waals surface area contributed by atoms with Gasteiger partial charge in [0.1, 0.15) is 11.6 Å². The number of rotatable bonds is 5. The normalized spacial score (nSPS) is 17.2. The molecule has 1 atom stereocenters. The molecule has 3 N–H and O–H groups in total. The summed E-state index contributed by atoms with van der Waals surface area (Å²) in [5.74, 6) is 0.784. The summed E-state index contributed by atoms with van der Waals surface area (Å²) in [6.45, 7) is 3.36. The number of nitrogens with zero attached hydrogens (tertiary/aromatic N) is 2. The molecule has 1 aliphatic rings. The molecule has 0 spiro atoms. The van der Waals surface area contributed by atoms with Gasteiger partial charge in [-0.3, -0.25) is 9.59 Å². The molecule has 138 valence electrons. The highest BCUT2D eigenvalue weighted by Gasteiger charge is 2.23. The maximum Gasteiger partial charge on any atom is 0.252 e. The van der Waals surface area contributed by atoms with Gasteiger partial charge < -0.3 is 20.7 Å². The first-order chi connectivity index (χ1) is 12.5. The van der Waals surface area contributed by atoms with E-state index >= 15 is 0 Å². The van der Waals surface area contributed by atoms with E-state index in [1.54, 1.807) is 18.3 Å². The van der Waals surface area contributed by atoms with Crippen LogP contribution in [0.15, 0.2) is 24.4 Å². The molecule has 1 fully saturated rings. The zero-order valence-corrected chi connectivity index (χ0v) is 15.1. The van der Waals surface area contributed by atoms with E-state index in [4.69, 9.17) is 10.5 Å². The van der Waals surface area contributed by atoms with Crippen molar-refractivity contribution >= 4 is 28.4 Å². The molecule has 0 saturated carbocycles. The molecule has 7 heteroatoms. The van der Waals surface area contributed by atoms with Crippen LogP contribution in [-0.2, 0) is 4.79 Å². The van der Waals surface area contributed by atoms with Crippen molar-refractivity contribution in [1.82, 2.24) is 9.88 Å². The predicted molar refractivity (Wildman–Crippen MR) is 100 cm³/mol. The number of likely N-dealkylation sites (tertiary alicyclic amines) is 1. The molecule has 1 saturated heterocycles. The highest BCUT2D eigenvalue weighted by atomic mass is 16.5. The number of pyridine rings is 1. The van der Waals surface area contributed by atoms with Gasteiger partial charge >= 0.3 is 0 Å². The summed E-state index contributed by atoms with van der Waals surface area (Å²) in [6, 6.07) is 5.47. The van der Waals surface area contributed by atoms with Gasteiger partial charge in [0, 0.05) is 37.1 Å². The van der Waals surface area contributed by atoms with E-state index in [1.807, 2.05) is 17.9 Å². The number of aromatic nitrogens is 1. The van der Waals surface area contributed by atoms with Crippen molar-refractivity contribution in [3.8, 4) is 5.75 Å². The maximum absolute atomic E-state index is 12.0. The number of benzene rings is 1. The van der Waals surface area contributed by atoms with Crippen molar-refractivity contribution in [3.05, 3.63) is 30.0 Å². The Morgan fingerprint density at radius 2 is 2.23 bits per heavy atom. The van der Waals surface area contributed by atoms with Gasteiger partial charge in [0.15, 0.2) is 0 Å². The number of primary amides is 1. The van der Waals surface area contributed by atoms with Gasteiger partial charge in [-0.2, -0.15) is 0 Å². The van der Waals surface area contributed by atoms with E-state index in [0.717, 1.165) is 30.2 Å². The van der Waals surface area contributed by atoms with Gasteiger partial charge in [0.05, 0.1) is 12.7 Å². The SMILES string of the molecule is CCC(=O)N1CCC[C@@H](Nc2nccc3cc(C(N)=O)c(OC)cc23)C1. The van der Waals surface area contributed by atoms with Crippen molar-refractivity contribution in [2.75, 3.05) is 25.5 Å². The van der Waals surface area contributed by atoms with Crippen molar-refractivity contribution < 1.29 is 14.3 Å². The van der Waals surface area contributed by atoms with Crippen molar-refractivity contribution in [3.63, 3.8) is 0 Å². The standard InChI is InChI=1S/C19H24N4O3/c1-3-17(24)23-8-4-5-13(11-23)22-19-14-10-16(26-2)15(18(20)25)9-12(14)6-7-21-19/h6-7,9-10,13H,3-5,8,11H2,1-2H3,(H2,20,25)(H,21,22)/t13-/m1/s1. The van der Waals surface area contributed by atoms with Gasteiger partial charge in [0.25, 0.3) is 5.91 Å². The third kappa shape index (κ3) is 3.56. The average Bonchev–Trinajstić information content (AvgIpc) is 2.66. The third-order valence-corrected chi connectivity index (χ3v) is 4.77. The number of hydrogen-bond acceptors (Lipinski definition) is 5. The minimum atomic E-state index is -0.531. The summed E-state index contributed by atoms with van der Waals surface area (Å²) in [5.41, 5.74) is 5.78. The lowest BCUT2D eigenvalue weighted by Crippen LogP contribution is -2.45. The minimum absolute atomic E-state index is 0.138. The van der Waals surface area contributed by atoms with Crippen LogP contribution in [-0.4, -0.2) is 47.9 Å². The molecule has 1 aromatic heterocycles. The van der Waals surface area contributed by atoms with Crippen LogP contribution in [0.2, 0.25) is 0 Å². The van der Waals surface area contributed by atoms with E-state index in [1.165, 1.54) is 7.11 Å². The molecule has 2 amide bonds. The molecular formula is C19H24N4O3. The molecule has 3 rings (SSSR count). The fraction of sp³-hybridized carbons (Fsp3) is 0.421. The fourth-order valence-electron chi connectivity index (χ4n) is 3.42. The number of amides is 2. The monoisotopic (exact) mass is 356 g/mol. The highest BCUT2D eigenvalue weighted by Crippen LogP contribution is 2.30. The second-order valence-electron chi connectivity index (χ2n) is 6.47. The average molecular weight is 356 g/mol. The number of methoxy groups -OCH3 is 1. The first-order valence-corrected chi connectivity index (χ1v) is 8.84. The quantitative estimate of drug-likeness (QED) is 0.855. The second-order valence-corrected chi connectivity index (χ2v) is 6.47. The molecule has 0 aliphatic carbocycles. The van der Waals surface area contributed by atoms with Gasteiger partial charge in [-0.15, -0.1) is 0 Å². The largest absolute Gasteiger partial charge is 0.496 e. The van der Waals surface area contributed by atoms with Gasteiger partial charge in [-0.1, -0.05) is 6.92 Å². The molecule has 26 heavy (non-hydrogen) atoms.